The Morgan fingerprint density at radius 2 is 1.68 bits per heavy atom. The van der Waals surface area contributed by atoms with Crippen molar-refractivity contribution >= 4 is 18.9 Å². The van der Waals surface area contributed by atoms with Crippen LogP contribution in [0.3, 0.4) is 0 Å². The molecule has 4 heteroatoms. The molecule has 0 aromatic heterocycles. The van der Waals surface area contributed by atoms with Crippen LogP contribution >= 0.6 is 7.26 Å². The number of anilines is 1. The zero-order chi connectivity index (χ0) is 16.9. The summed E-state index contributed by atoms with van der Waals surface area (Å²) in [6.45, 7) is 12.9. The van der Waals surface area contributed by atoms with Crippen LogP contribution in [0.25, 0.3) is 0 Å². The van der Waals surface area contributed by atoms with E-state index in [9.17, 15) is 4.79 Å². The van der Waals surface area contributed by atoms with Gasteiger partial charge in [0.15, 0.2) is 0 Å². The molecule has 0 saturated carbocycles. The molecule has 3 nitrogen and oxygen atoms in total. The third-order valence-electron chi connectivity index (χ3n) is 4.88. The van der Waals surface area contributed by atoms with Crippen molar-refractivity contribution in [3.05, 3.63) is 23.3 Å². The van der Waals surface area contributed by atoms with Crippen LogP contribution in [0.4, 0.5) is 5.69 Å². The maximum Gasteiger partial charge on any atom is 0.265 e. The summed E-state index contributed by atoms with van der Waals surface area (Å²) in [7, 11) is 0.448. The number of amides is 1. The lowest BCUT2D eigenvalue weighted by atomic mass is 10.1. The maximum atomic E-state index is 12.9. The van der Waals surface area contributed by atoms with Crippen molar-refractivity contribution in [2.75, 3.05) is 31.4 Å². The standard InChI is InChI=1S/C18H30NO2P/c1-8-16(22(7,9-2)10-3)18(20)19-17-13(4)11-15(21-6)12-14(17)5/h11-12,16H,8-10H2,1-7H3/p+1. The minimum atomic E-state index is -1.22. The van der Waals surface area contributed by atoms with Crippen LogP contribution in [0.15, 0.2) is 12.1 Å². The van der Waals surface area contributed by atoms with Crippen LogP contribution in [0, 0.1) is 13.8 Å². The van der Waals surface area contributed by atoms with Crippen LogP contribution in [-0.2, 0) is 4.79 Å². The molecule has 0 aliphatic rings. The first-order valence-electron chi connectivity index (χ1n) is 8.13. The van der Waals surface area contributed by atoms with Crippen LogP contribution in [-0.4, -0.2) is 37.7 Å². The summed E-state index contributed by atoms with van der Waals surface area (Å²) >= 11 is 0. The highest BCUT2D eigenvalue weighted by atomic mass is 31.2. The summed E-state index contributed by atoms with van der Waals surface area (Å²) in [5.41, 5.74) is 3.17. The molecule has 0 radical (unpaired) electrons. The molecule has 0 fully saturated rings. The quantitative estimate of drug-likeness (QED) is 0.737. The lowest BCUT2D eigenvalue weighted by Crippen LogP contribution is -2.31. The molecule has 1 atom stereocenters. The third-order valence-corrected chi connectivity index (χ3v) is 9.87. The van der Waals surface area contributed by atoms with Gasteiger partial charge in [0.1, 0.15) is 11.4 Å². The summed E-state index contributed by atoms with van der Waals surface area (Å²) < 4.78 is 5.29. The van der Waals surface area contributed by atoms with E-state index in [1.54, 1.807) is 7.11 Å². The molecule has 0 aliphatic heterocycles. The number of carbonyl (C=O) groups excluding carboxylic acids is 1. The van der Waals surface area contributed by atoms with E-state index in [2.05, 4.69) is 32.8 Å². The molecule has 0 heterocycles. The van der Waals surface area contributed by atoms with Gasteiger partial charge in [-0.1, -0.05) is 6.92 Å². The summed E-state index contributed by atoms with van der Waals surface area (Å²) in [6, 6.07) is 3.94. The van der Waals surface area contributed by atoms with Gasteiger partial charge in [0, 0.05) is 19.6 Å². The van der Waals surface area contributed by atoms with Crippen molar-refractivity contribution in [1.82, 2.24) is 0 Å². The van der Waals surface area contributed by atoms with Crippen molar-refractivity contribution in [2.24, 2.45) is 0 Å². The Balaban J connectivity index is 3.06. The first-order valence-corrected chi connectivity index (χ1v) is 10.8. The van der Waals surface area contributed by atoms with Crippen LogP contribution < -0.4 is 10.1 Å². The van der Waals surface area contributed by atoms with Crippen molar-refractivity contribution in [2.45, 2.75) is 46.7 Å². The lowest BCUT2D eigenvalue weighted by Gasteiger charge is -2.28. The molecule has 1 aromatic carbocycles. The molecule has 22 heavy (non-hydrogen) atoms. The first-order chi connectivity index (χ1) is 10.3. The van der Waals surface area contributed by atoms with E-state index in [1.807, 2.05) is 26.0 Å². The van der Waals surface area contributed by atoms with E-state index < -0.39 is 7.26 Å². The Morgan fingerprint density at radius 1 is 1.18 bits per heavy atom. The molecule has 1 amide bonds. The molecule has 0 spiro atoms. The molecule has 1 N–H and O–H groups in total. The molecular weight excluding hydrogens is 293 g/mol. The van der Waals surface area contributed by atoms with Crippen molar-refractivity contribution in [3.8, 4) is 5.75 Å². The normalized spacial score (nSPS) is 12.9. The largest absolute Gasteiger partial charge is 0.497 e. The number of methoxy groups -OCH3 is 1. The van der Waals surface area contributed by atoms with Crippen molar-refractivity contribution < 1.29 is 9.53 Å². The first kappa shape index (κ1) is 19.0. The van der Waals surface area contributed by atoms with Gasteiger partial charge in [-0.05, 0) is 57.4 Å². The van der Waals surface area contributed by atoms with Crippen molar-refractivity contribution in [1.29, 1.82) is 0 Å². The minimum absolute atomic E-state index is 0.142. The van der Waals surface area contributed by atoms with Gasteiger partial charge >= 0.3 is 0 Å². The van der Waals surface area contributed by atoms with Crippen LogP contribution in [0.5, 0.6) is 5.75 Å². The van der Waals surface area contributed by atoms with E-state index in [0.717, 1.165) is 41.3 Å². The van der Waals surface area contributed by atoms with E-state index in [4.69, 9.17) is 4.74 Å². The summed E-state index contributed by atoms with van der Waals surface area (Å²) in [5.74, 6) is 1.01. The predicted octanol–water partition coefficient (Wildman–Crippen LogP) is 4.72. The van der Waals surface area contributed by atoms with E-state index in [-0.39, 0.29) is 11.6 Å². The number of rotatable bonds is 7. The number of nitrogens with one attached hydrogen (secondary N) is 1. The molecule has 0 saturated heterocycles. The topological polar surface area (TPSA) is 38.3 Å². The minimum Gasteiger partial charge on any atom is -0.497 e. The second kappa shape index (κ2) is 7.97. The second-order valence-electron chi connectivity index (χ2n) is 6.16. The fourth-order valence-corrected chi connectivity index (χ4v) is 5.86. The van der Waals surface area contributed by atoms with Gasteiger partial charge in [0.05, 0.1) is 19.4 Å². The highest BCUT2D eigenvalue weighted by Gasteiger charge is 2.41. The molecule has 1 rings (SSSR count). The van der Waals surface area contributed by atoms with Gasteiger partial charge in [-0.15, -0.1) is 0 Å². The zero-order valence-corrected chi connectivity index (χ0v) is 16.0. The van der Waals surface area contributed by atoms with Gasteiger partial charge in [-0.2, -0.15) is 0 Å². The molecular formula is C18H31NO2P+. The molecule has 1 unspecified atom stereocenters. The number of hydrogen-bond donors (Lipinski definition) is 1. The summed E-state index contributed by atoms with van der Waals surface area (Å²) in [4.78, 5) is 12.9. The molecule has 1 aromatic rings. The highest BCUT2D eigenvalue weighted by Crippen LogP contribution is 2.60. The summed E-state index contributed by atoms with van der Waals surface area (Å²) in [6.07, 6.45) is 3.15. The monoisotopic (exact) mass is 324 g/mol. The fraction of sp³-hybridized carbons (Fsp3) is 0.611. The predicted molar refractivity (Wildman–Crippen MR) is 99.1 cm³/mol. The Bertz CT molecular complexity index is 501. The van der Waals surface area contributed by atoms with Gasteiger partial charge in [-0.3, -0.25) is 4.79 Å². The SMILES string of the molecule is CCC(C(=O)Nc1c(C)cc(OC)cc1C)[P+](C)(CC)CC. The number of benzene rings is 1. The third kappa shape index (κ3) is 4.01. The van der Waals surface area contributed by atoms with Crippen LogP contribution in [0.1, 0.15) is 38.3 Å². The smallest absolute Gasteiger partial charge is 0.265 e. The average molecular weight is 324 g/mol. The number of ether oxygens (including phenoxy) is 1. The number of aryl methyl sites for hydroxylation is 2. The summed E-state index contributed by atoms with van der Waals surface area (Å²) in [5, 5.41) is 3.19. The highest BCUT2D eigenvalue weighted by molar-refractivity contribution is 7.76. The maximum absolute atomic E-state index is 12.9. The van der Waals surface area contributed by atoms with Gasteiger partial charge in [0.2, 0.25) is 0 Å². The number of carbonyl (C=O) groups is 1. The van der Waals surface area contributed by atoms with E-state index >= 15 is 0 Å². The van der Waals surface area contributed by atoms with E-state index in [0.29, 0.717) is 0 Å². The fourth-order valence-electron chi connectivity index (χ4n) is 3.02. The lowest BCUT2D eigenvalue weighted by molar-refractivity contribution is -0.115. The van der Waals surface area contributed by atoms with Crippen molar-refractivity contribution in [3.63, 3.8) is 0 Å². The van der Waals surface area contributed by atoms with Crippen LogP contribution in [0.2, 0.25) is 0 Å². The Hall–Kier alpha value is -1.08. The number of hydrogen-bond acceptors (Lipinski definition) is 2. The second-order valence-corrected chi connectivity index (χ2v) is 11.0. The Labute approximate surface area is 136 Å². The van der Waals surface area contributed by atoms with Gasteiger partial charge in [0.25, 0.3) is 5.91 Å². The molecule has 0 bridgehead atoms. The van der Waals surface area contributed by atoms with E-state index in [1.165, 1.54) is 0 Å². The zero-order valence-electron chi connectivity index (χ0n) is 15.1. The van der Waals surface area contributed by atoms with Gasteiger partial charge < -0.3 is 10.1 Å². The Kier molecular flexibility index (Phi) is 6.87. The van der Waals surface area contributed by atoms with Gasteiger partial charge in [-0.25, -0.2) is 0 Å². The Morgan fingerprint density at radius 3 is 2.05 bits per heavy atom. The molecule has 124 valence electrons. The average Bonchev–Trinajstić information content (AvgIpc) is 2.50. The molecule has 0 aliphatic carbocycles.